The summed E-state index contributed by atoms with van der Waals surface area (Å²) >= 11 is 3.11. The number of aryl methyl sites for hydroxylation is 1. The quantitative estimate of drug-likeness (QED) is 0.617. The fraction of sp³-hybridized carbons (Fsp3) is 0.545. The number of fused-ring (bicyclic) bond motifs is 1. The second-order valence-electron chi connectivity index (χ2n) is 4.29. The number of ether oxygens (including phenoxy) is 1. The Labute approximate surface area is 122 Å². The van der Waals surface area contributed by atoms with Gasteiger partial charge in [0.2, 0.25) is 0 Å². The van der Waals surface area contributed by atoms with Gasteiger partial charge in [0.1, 0.15) is 0 Å². The van der Waals surface area contributed by atoms with Gasteiger partial charge in [-0.3, -0.25) is 13.9 Å². The molecule has 0 saturated carbocycles. The van der Waals surface area contributed by atoms with E-state index < -0.39 is 0 Å². The number of hydrogen-bond donors (Lipinski definition) is 2. The number of rotatable bonds is 0. The van der Waals surface area contributed by atoms with Crippen LogP contribution in [0, 0.1) is 0 Å². The van der Waals surface area contributed by atoms with Gasteiger partial charge in [-0.1, -0.05) is 0 Å². The number of nitrogens with one attached hydrogen (secondary N) is 2. The molecule has 20 heavy (non-hydrogen) atoms. The number of morpholine rings is 1. The van der Waals surface area contributed by atoms with E-state index in [9.17, 15) is 9.59 Å². The van der Waals surface area contributed by atoms with Gasteiger partial charge < -0.3 is 15.0 Å². The average Bonchev–Trinajstić information content (AvgIpc) is 2.87. The van der Waals surface area contributed by atoms with Crippen LogP contribution in [-0.2, 0) is 18.8 Å². The second-order valence-corrected chi connectivity index (χ2v) is 5.05. The van der Waals surface area contributed by atoms with Crippen LogP contribution in [-0.4, -0.2) is 45.4 Å². The van der Waals surface area contributed by atoms with Crippen molar-refractivity contribution in [2.75, 3.05) is 26.3 Å². The first-order chi connectivity index (χ1) is 9.52. The molecule has 110 valence electrons. The molecule has 1 fully saturated rings. The lowest BCUT2D eigenvalue weighted by Crippen LogP contribution is -2.36. The summed E-state index contributed by atoms with van der Waals surface area (Å²) in [7, 11) is 3.00. The Bertz CT molecular complexity index is 702. The molecule has 2 aromatic rings. The minimum atomic E-state index is -0.387. The van der Waals surface area contributed by atoms with Gasteiger partial charge in [-0.05, 0) is 15.9 Å². The molecule has 2 N–H and O–H groups in total. The topological polar surface area (TPSA) is 93.9 Å². The van der Waals surface area contributed by atoms with E-state index in [-0.39, 0.29) is 11.2 Å². The van der Waals surface area contributed by atoms with Gasteiger partial charge in [0.15, 0.2) is 15.9 Å². The molecule has 2 aromatic heterocycles. The van der Waals surface area contributed by atoms with Crippen molar-refractivity contribution in [3.05, 3.63) is 25.6 Å². The van der Waals surface area contributed by atoms with Gasteiger partial charge in [-0.25, -0.2) is 9.78 Å². The van der Waals surface area contributed by atoms with Crippen LogP contribution in [0.1, 0.15) is 0 Å². The number of halogens is 1. The van der Waals surface area contributed by atoms with Crippen molar-refractivity contribution in [3.8, 4) is 0 Å². The fourth-order valence-corrected chi connectivity index (χ4v) is 2.18. The van der Waals surface area contributed by atoms with Crippen LogP contribution in [0.4, 0.5) is 0 Å². The molecule has 0 atom stereocenters. The molecular weight excluding hydrogens is 330 g/mol. The van der Waals surface area contributed by atoms with Crippen LogP contribution < -0.4 is 16.6 Å². The van der Waals surface area contributed by atoms with E-state index in [1.54, 1.807) is 7.05 Å². The first-order valence-electron chi connectivity index (χ1n) is 6.12. The SMILES string of the molecule is C1COCCN1.Cn1c(=O)c2[nH]c(Br)nc2n(C)c1=O. The zero-order valence-corrected chi connectivity index (χ0v) is 12.9. The maximum Gasteiger partial charge on any atom is 0.332 e. The maximum absolute atomic E-state index is 11.6. The van der Waals surface area contributed by atoms with Crippen molar-refractivity contribution in [2.24, 2.45) is 14.1 Å². The molecular formula is C11H16BrN5O3. The Hall–Kier alpha value is -1.45. The minimum Gasteiger partial charge on any atom is -0.379 e. The molecule has 0 amide bonds. The third kappa shape index (κ3) is 3.00. The van der Waals surface area contributed by atoms with Crippen molar-refractivity contribution in [3.63, 3.8) is 0 Å². The molecule has 0 bridgehead atoms. The molecule has 0 spiro atoms. The summed E-state index contributed by atoms with van der Waals surface area (Å²) in [6.45, 7) is 3.83. The predicted molar refractivity (Wildman–Crippen MR) is 78.0 cm³/mol. The number of nitrogens with zero attached hydrogens (tertiary/aromatic N) is 3. The lowest BCUT2D eigenvalue weighted by molar-refractivity contribution is 0.109. The smallest absolute Gasteiger partial charge is 0.332 e. The molecule has 3 rings (SSSR count). The van der Waals surface area contributed by atoms with Gasteiger partial charge in [-0.15, -0.1) is 0 Å². The number of H-pyrrole nitrogens is 1. The summed E-state index contributed by atoms with van der Waals surface area (Å²) < 4.78 is 7.80. The molecule has 1 saturated heterocycles. The van der Waals surface area contributed by atoms with E-state index >= 15 is 0 Å². The largest absolute Gasteiger partial charge is 0.379 e. The molecule has 0 aromatic carbocycles. The highest BCUT2D eigenvalue weighted by Gasteiger charge is 2.11. The second kappa shape index (κ2) is 6.33. The normalized spacial score (nSPS) is 14.9. The van der Waals surface area contributed by atoms with Crippen molar-refractivity contribution < 1.29 is 4.74 Å². The lowest BCUT2D eigenvalue weighted by atomic mass is 10.5. The summed E-state index contributed by atoms with van der Waals surface area (Å²) in [5.74, 6) is 0. The first kappa shape index (κ1) is 14.9. The Morgan fingerprint density at radius 3 is 2.35 bits per heavy atom. The molecule has 1 aliphatic rings. The van der Waals surface area contributed by atoms with E-state index in [2.05, 4.69) is 31.2 Å². The first-order valence-corrected chi connectivity index (χ1v) is 6.91. The van der Waals surface area contributed by atoms with E-state index in [1.165, 1.54) is 11.6 Å². The average molecular weight is 346 g/mol. The summed E-state index contributed by atoms with van der Waals surface area (Å²) in [6, 6.07) is 0. The van der Waals surface area contributed by atoms with E-state index in [1.807, 2.05) is 0 Å². The molecule has 9 heteroatoms. The van der Waals surface area contributed by atoms with Gasteiger partial charge in [0, 0.05) is 27.2 Å². The molecule has 0 unspecified atom stereocenters. The van der Waals surface area contributed by atoms with Gasteiger partial charge >= 0.3 is 5.69 Å². The van der Waals surface area contributed by atoms with E-state index in [4.69, 9.17) is 4.74 Å². The maximum atomic E-state index is 11.6. The zero-order valence-electron chi connectivity index (χ0n) is 11.3. The minimum absolute atomic E-state index is 0.321. The Kier molecular flexibility index (Phi) is 4.73. The van der Waals surface area contributed by atoms with Crippen LogP contribution in [0.3, 0.4) is 0 Å². The number of hydrogen-bond acceptors (Lipinski definition) is 5. The van der Waals surface area contributed by atoms with Gasteiger partial charge in [-0.2, -0.15) is 0 Å². The van der Waals surface area contributed by atoms with Crippen LogP contribution in [0.25, 0.3) is 11.2 Å². The Balaban J connectivity index is 0.000000205. The van der Waals surface area contributed by atoms with Crippen LogP contribution in [0.15, 0.2) is 14.3 Å². The standard InChI is InChI=1S/C7H7BrN4O2.C4H9NO/c1-11-4-3(9-6(8)10-4)5(13)12(2)7(11)14;1-3-6-4-2-5-1/h1-2H3,(H,9,10);5H,1-4H2. The number of imidazole rings is 1. The fourth-order valence-electron chi connectivity index (χ4n) is 1.81. The molecule has 8 nitrogen and oxygen atoms in total. The van der Waals surface area contributed by atoms with E-state index in [0.29, 0.717) is 15.9 Å². The van der Waals surface area contributed by atoms with Crippen LogP contribution in [0.2, 0.25) is 0 Å². The summed E-state index contributed by atoms with van der Waals surface area (Å²) in [4.78, 5) is 29.8. The molecule has 0 aliphatic carbocycles. The van der Waals surface area contributed by atoms with Gasteiger partial charge in [0.25, 0.3) is 5.56 Å². The Morgan fingerprint density at radius 2 is 1.85 bits per heavy atom. The van der Waals surface area contributed by atoms with Crippen LogP contribution in [0.5, 0.6) is 0 Å². The van der Waals surface area contributed by atoms with E-state index in [0.717, 1.165) is 30.9 Å². The number of aromatic nitrogens is 4. The van der Waals surface area contributed by atoms with Crippen molar-refractivity contribution >= 4 is 27.1 Å². The predicted octanol–water partition coefficient (Wildman–Crippen LogP) is -0.671. The van der Waals surface area contributed by atoms with Crippen molar-refractivity contribution in [2.45, 2.75) is 0 Å². The summed E-state index contributed by atoms with van der Waals surface area (Å²) in [6.07, 6.45) is 0. The third-order valence-electron chi connectivity index (χ3n) is 2.91. The summed E-state index contributed by atoms with van der Waals surface area (Å²) in [5.41, 5.74) is -0.0887. The Morgan fingerprint density at radius 1 is 1.20 bits per heavy atom. The van der Waals surface area contributed by atoms with Gasteiger partial charge in [0.05, 0.1) is 13.2 Å². The van der Waals surface area contributed by atoms with Crippen molar-refractivity contribution in [1.82, 2.24) is 24.4 Å². The third-order valence-corrected chi connectivity index (χ3v) is 3.29. The molecule has 3 heterocycles. The zero-order chi connectivity index (χ0) is 14.7. The summed E-state index contributed by atoms with van der Waals surface area (Å²) in [5, 5.41) is 3.16. The van der Waals surface area contributed by atoms with Crippen molar-refractivity contribution in [1.29, 1.82) is 0 Å². The lowest BCUT2D eigenvalue weighted by Gasteiger charge is -2.10. The molecule has 0 radical (unpaired) electrons. The highest BCUT2D eigenvalue weighted by atomic mass is 79.9. The van der Waals surface area contributed by atoms with Crippen LogP contribution >= 0.6 is 15.9 Å². The highest BCUT2D eigenvalue weighted by molar-refractivity contribution is 9.10. The number of aromatic amines is 1. The highest BCUT2D eigenvalue weighted by Crippen LogP contribution is 2.08. The monoisotopic (exact) mass is 345 g/mol. The molecule has 1 aliphatic heterocycles.